The van der Waals surface area contributed by atoms with E-state index in [4.69, 9.17) is 4.74 Å². The first-order chi connectivity index (χ1) is 8.35. The van der Waals surface area contributed by atoms with E-state index in [1.807, 2.05) is 0 Å². The van der Waals surface area contributed by atoms with Crippen LogP contribution in [-0.4, -0.2) is 36.2 Å². The Morgan fingerprint density at radius 1 is 1.33 bits per heavy atom. The highest BCUT2D eigenvalue weighted by Crippen LogP contribution is 2.20. The van der Waals surface area contributed by atoms with E-state index >= 15 is 0 Å². The maximum Gasteiger partial charge on any atom is 0.408 e. The molecule has 1 aromatic heterocycles. The summed E-state index contributed by atoms with van der Waals surface area (Å²) in [4.78, 5) is 0. The third-order valence-corrected chi connectivity index (χ3v) is 2.65. The molecule has 0 saturated carbocycles. The molecule has 0 spiro atoms. The SMILES string of the molecule is COCCNCc1c(C)nn(CC(F)(F)F)c1C. The Morgan fingerprint density at radius 2 is 2.00 bits per heavy atom. The van der Waals surface area contributed by atoms with Crippen LogP contribution in [0.5, 0.6) is 0 Å². The van der Waals surface area contributed by atoms with Crippen molar-refractivity contribution in [3.05, 3.63) is 17.0 Å². The molecule has 0 fully saturated rings. The highest BCUT2D eigenvalue weighted by atomic mass is 19.4. The number of aryl methyl sites for hydroxylation is 1. The number of hydrogen-bond acceptors (Lipinski definition) is 3. The molecule has 0 aliphatic heterocycles. The Balaban J connectivity index is 2.69. The first kappa shape index (κ1) is 15.0. The topological polar surface area (TPSA) is 39.1 Å². The standard InChI is InChI=1S/C11H18F3N3O/c1-8-10(6-15-4-5-18-3)9(2)17(16-8)7-11(12,13)14/h15H,4-7H2,1-3H3. The molecule has 0 bridgehead atoms. The number of nitrogens with one attached hydrogen (secondary N) is 1. The second kappa shape index (κ2) is 6.19. The number of aromatic nitrogens is 2. The molecule has 0 radical (unpaired) electrons. The molecule has 1 rings (SSSR count). The summed E-state index contributed by atoms with van der Waals surface area (Å²) in [5, 5.41) is 7.02. The highest BCUT2D eigenvalue weighted by molar-refractivity contribution is 5.24. The Hall–Kier alpha value is -1.08. The smallest absolute Gasteiger partial charge is 0.383 e. The van der Waals surface area contributed by atoms with Crippen molar-refractivity contribution in [3.8, 4) is 0 Å². The van der Waals surface area contributed by atoms with E-state index in [1.54, 1.807) is 21.0 Å². The van der Waals surface area contributed by atoms with Crippen molar-refractivity contribution in [1.82, 2.24) is 15.1 Å². The molecule has 0 aliphatic rings. The summed E-state index contributed by atoms with van der Waals surface area (Å²) in [7, 11) is 1.60. The third-order valence-electron chi connectivity index (χ3n) is 2.65. The van der Waals surface area contributed by atoms with E-state index in [0.29, 0.717) is 31.1 Å². The number of ether oxygens (including phenoxy) is 1. The zero-order valence-electron chi connectivity index (χ0n) is 10.8. The van der Waals surface area contributed by atoms with Crippen LogP contribution in [0.25, 0.3) is 0 Å². The van der Waals surface area contributed by atoms with E-state index < -0.39 is 12.7 Å². The summed E-state index contributed by atoms with van der Waals surface area (Å²) in [5.41, 5.74) is 1.99. The maximum absolute atomic E-state index is 12.3. The van der Waals surface area contributed by atoms with Crippen molar-refractivity contribution in [1.29, 1.82) is 0 Å². The lowest BCUT2D eigenvalue weighted by Gasteiger charge is -2.09. The predicted molar refractivity (Wildman–Crippen MR) is 61.3 cm³/mol. The van der Waals surface area contributed by atoms with Gasteiger partial charge in [0.1, 0.15) is 6.54 Å². The minimum Gasteiger partial charge on any atom is -0.383 e. The fraction of sp³-hybridized carbons (Fsp3) is 0.727. The predicted octanol–water partition coefficient (Wildman–Crippen LogP) is 1.80. The Morgan fingerprint density at radius 3 is 2.56 bits per heavy atom. The van der Waals surface area contributed by atoms with E-state index in [2.05, 4.69) is 10.4 Å². The van der Waals surface area contributed by atoms with Gasteiger partial charge in [0.2, 0.25) is 0 Å². The molecule has 1 heterocycles. The monoisotopic (exact) mass is 265 g/mol. The molecule has 0 aromatic carbocycles. The van der Waals surface area contributed by atoms with Crippen LogP contribution in [0.2, 0.25) is 0 Å². The van der Waals surface area contributed by atoms with Crippen molar-refractivity contribution in [2.75, 3.05) is 20.3 Å². The minimum atomic E-state index is -4.25. The summed E-state index contributed by atoms with van der Waals surface area (Å²) in [6, 6.07) is 0. The first-order valence-electron chi connectivity index (χ1n) is 5.64. The van der Waals surface area contributed by atoms with Gasteiger partial charge in [-0.1, -0.05) is 0 Å². The fourth-order valence-electron chi connectivity index (χ4n) is 1.70. The zero-order chi connectivity index (χ0) is 13.8. The number of alkyl halides is 3. The number of halogens is 3. The van der Waals surface area contributed by atoms with Crippen LogP contribution in [0, 0.1) is 13.8 Å². The van der Waals surface area contributed by atoms with E-state index in [-0.39, 0.29) is 0 Å². The van der Waals surface area contributed by atoms with Gasteiger partial charge in [-0.2, -0.15) is 18.3 Å². The largest absolute Gasteiger partial charge is 0.408 e. The van der Waals surface area contributed by atoms with Gasteiger partial charge in [-0.15, -0.1) is 0 Å². The second-order valence-corrected chi connectivity index (χ2v) is 4.09. The maximum atomic E-state index is 12.3. The van der Waals surface area contributed by atoms with Crippen molar-refractivity contribution >= 4 is 0 Å². The average molecular weight is 265 g/mol. The van der Waals surface area contributed by atoms with Crippen molar-refractivity contribution in [3.63, 3.8) is 0 Å². The molecule has 0 saturated heterocycles. The quantitative estimate of drug-likeness (QED) is 0.797. The zero-order valence-corrected chi connectivity index (χ0v) is 10.8. The van der Waals surface area contributed by atoms with Gasteiger partial charge >= 0.3 is 6.18 Å². The lowest BCUT2D eigenvalue weighted by Crippen LogP contribution is -2.21. The molecular formula is C11H18F3N3O. The third kappa shape index (κ3) is 4.30. The van der Waals surface area contributed by atoms with Crippen molar-refractivity contribution < 1.29 is 17.9 Å². The first-order valence-corrected chi connectivity index (χ1v) is 5.64. The molecule has 1 N–H and O–H groups in total. The average Bonchev–Trinajstić information content (AvgIpc) is 2.48. The summed E-state index contributed by atoms with van der Waals surface area (Å²) < 4.78 is 42.8. The summed E-state index contributed by atoms with van der Waals surface area (Å²) in [6.45, 7) is 4.04. The molecule has 0 unspecified atom stereocenters. The Labute approximate surface area is 104 Å². The second-order valence-electron chi connectivity index (χ2n) is 4.09. The van der Waals surface area contributed by atoms with Crippen molar-refractivity contribution in [2.24, 2.45) is 0 Å². The molecule has 0 atom stereocenters. The van der Waals surface area contributed by atoms with Gasteiger partial charge in [0.05, 0.1) is 12.3 Å². The summed E-state index contributed by atoms with van der Waals surface area (Å²) >= 11 is 0. The van der Waals surface area contributed by atoms with Crippen LogP contribution in [0.4, 0.5) is 13.2 Å². The molecule has 104 valence electrons. The van der Waals surface area contributed by atoms with Gasteiger partial charge in [-0.25, -0.2) is 0 Å². The van der Waals surface area contributed by atoms with Crippen LogP contribution in [-0.2, 0) is 17.8 Å². The van der Waals surface area contributed by atoms with E-state index in [9.17, 15) is 13.2 Å². The molecule has 1 aromatic rings. The lowest BCUT2D eigenvalue weighted by atomic mass is 10.2. The molecule has 7 heteroatoms. The molecule has 4 nitrogen and oxygen atoms in total. The Kier molecular flexibility index (Phi) is 5.15. The molecule has 0 aliphatic carbocycles. The molecular weight excluding hydrogens is 247 g/mol. The fourth-order valence-corrected chi connectivity index (χ4v) is 1.70. The van der Waals surface area contributed by atoms with Gasteiger partial charge in [0.15, 0.2) is 0 Å². The highest BCUT2D eigenvalue weighted by Gasteiger charge is 2.29. The van der Waals surface area contributed by atoms with E-state index in [0.717, 1.165) is 10.2 Å². The van der Waals surface area contributed by atoms with Gasteiger partial charge in [0.25, 0.3) is 0 Å². The van der Waals surface area contributed by atoms with Gasteiger partial charge < -0.3 is 10.1 Å². The lowest BCUT2D eigenvalue weighted by molar-refractivity contribution is -0.142. The van der Waals surface area contributed by atoms with E-state index in [1.165, 1.54) is 0 Å². The van der Waals surface area contributed by atoms with Gasteiger partial charge in [0, 0.05) is 31.5 Å². The van der Waals surface area contributed by atoms with Crippen LogP contribution in [0.15, 0.2) is 0 Å². The minimum absolute atomic E-state index is 0.499. The molecule has 18 heavy (non-hydrogen) atoms. The van der Waals surface area contributed by atoms with Crippen LogP contribution < -0.4 is 5.32 Å². The normalized spacial score (nSPS) is 12.1. The van der Waals surface area contributed by atoms with Crippen LogP contribution >= 0.6 is 0 Å². The number of nitrogens with zero attached hydrogens (tertiary/aromatic N) is 2. The Bertz CT molecular complexity index is 388. The molecule has 0 amide bonds. The summed E-state index contributed by atoms with van der Waals surface area (Å²) in [5.74, 6) is 0. The van der Waals surface area contributed by atoms with Gasteiger partial charge in [-0.3, -0.25) is 4.68 Å². The van der Waals surface area contributed by atoms with Crippen molar-refractivity contribution in [2.45, 2.75) is 33.1 Å². The van der Waals surface area contributed by atoms with Gasteiger partial charge in [-0.05, 0) is 13.8 Å². The van der Waals surface area contributed by atoms with Crippen LogP contribution in [0.1, 0.15) is 17.0 Å². The number of hydrogen-bond donors (Lipinski definition) is 1. The summed E-state index contributed by atoms with van der Waals surface area (Å²) in [6.07, 6.45) is -4.25. The number of rotatable bonds is 6. The van der Waals surface area contributed by atoms with Crippen LogP contribution in [0.3, 0.4) is 0 Å². The number of methoxy groups -OCH3 is 1.